The van der Waals surface area contributed by atoms with Crippen LogP contribution >= 0.6 is 0 Å². The summed E-state index contributed by atoms with van der Waals surface area (Å²) in [5, 5.41) is 0. The van der Waals surface area contributed by atoms with Crippen molar-refractivity contribution in [2.75, 3.05) is 13.1 Å². The number of hydrogen-bond donors (Lipinski definition) is 2. The van der Waals surface area contributed by atoms with Gasteiger partial charge in [0.25, 0.3) is 0 Å². The zero-order valence-corrected chi connectivity index (χ0v) is 5.35. The van der Waals surface area contributed by atoms with Gasteiger partial charge in [0.1, 0.15) is 0 Å². The van der Waals surface area contributed by atoms with E-state index in [-0.39, 0.29) is 18.9 Å². The summed E-state index contributed by atoms with van der Waals surface area (Å²) in [6, 6.07) is 0. The Bertz CT molecular complexity index is 34.7. The van der Waals surface area contributed by atoms with E-state index < -0.39 is 0 Å². The van der Waals surface area contributed by atoms with Gasteiger partial charge in [-0.05, 0) is 19.5 Å². The molecule has 2 nitrogen and oxygen atoms in total. The molecule has 0 aromatic rings. The molecule has 0 radical (unpaired) electrons. The molecular weight excluding hydrogens is 95.0 g/mol. The van der Waals surface area contributed by atoms with Gasteiger partial charge in [-0.15, -0.1) is 0 Å². The Morgan fingerprint density at radius 3 is 1.38 bits per heavy atom. The molecular formula is C5H11LiN2. The molecule has 0 fully saturated rings. The third-order valence-corrected chi connectivity index (χ3v) is 0.408. The van der Waals surface area contributed by atoms with Gasteiger partial charge < -0.3 is 24.3 Å². The molecule has 0 amide bonds. The van der Waals surface area contributed by atoms with E-state index in [1.54, 1.807) is 0 Å². The Labute approximate surface area is 63.2 Å². The summed E-state index contributed by atoms with van der Waals surface area (Å²) in [7, 11) is 0. The molecule has 0 saturated heterocycles. The van der Waals surface area contributed by atoms with Gasteiger partial charge in [-0.25, -0.2) is 0 Å². The van der Waals surface area contributed by atoms with Crippen molar-refractivity contribution in [3.63, 3.8) is 0 Å². The Kier molecular flexibility index (Phi) is 54.1. The van der Waals surface area contributed by atoms with E-state index in [4.69, 9.17) is 17.9 Å². The first-order chi connectivity index (χ1) is 3.41. The number of hydrogen-bond acceptors (Lipinski definition) is 2. The van der Waals surface area contributed by atoms with Crippen molar-refractivity contribution in [3.8, 4) is 6.42 Å². The van der Waals surface area contributed by atoms with Gasteiger partial charge in [-0.3, -0.25) is 0 Å². The molecule has 42 valence electrons. The second-order valence-corrected chi connectivity index (χ2v) is 0.931. The van der Waals surface area contributed by atoms with Crippen molar-refractivity contribution in [1.82, 2.24) is 0 Å². The average molecular weight is 106 g/mol. The van der Waals surface area contributed by atoms with Gasteiger partial charge in [-0.2, -0.15) is 0 Å². The molecule has 0 aliphatic rings. The smallest absolute Gasteiger partial charge is 0.697 e. The van der Waals surface area contributed by atoms with E-state index in [1.165, 1.54) is 0 Å². The first-order valence-electron chi connectivity index (χ1n) is 2.11. The summed E-state index contributed by atoms with van der Waals surface area (Å²) >= 11 is 0. The second-order valence-electron chi connectivity index (χ2n) is 0.931. The molecule has 0 aromatic heterocycles. The predicted octanol–water partition coefficient (Wildman–Crippen LogP) is -3.50. The van der Waals surface area contributed by atoms with Crippen molar-refractivity contribution in [1.29, 1.82) is 0 Å². The zero-order valence-electron chi connectivity index (χ0n) is 5.35. The second kappa shape index (κ2) is 27.6. The molecule has 0 aliphatic carbocycles. The van der Waals surface area contributed by atoms with Crippen molar-refractivity contribution >= 4 is 0 Å². The van der Waals surface area contributed by atoms with E-state index in [0.29, 0.717) is 0 Å². The molecule has 0 aromatic carbocycles. The monoisotopic (exact) mass is 106 g/mol. The van der Waals surface area contributed by atoms with Gasteiger partial charge in [0, 0.05) is 0 Å². The maximum atomic E-state index is 5.25. The normalized spacial score (nSPS) is 5.50. The molecule has 0 bridgehead atoms. The molecule has 0 unspecified atom stereocenters. The van der Waals surface area contributed by atoms with Crippen LogP contribution < -0.4 is 30.3 Å². The average Bonchev–Trinajstić information content (AvgIpc) is 1.75. The fraction of sp³-hybridized carbons (Fsp3) is 0.600. The fourth-order valence-electron chi connectivity index (χ4n) is 0.118. The van der Waals surface area contributed by atoms with Crippen LogP contribution in [0.15, 0.2) is 0 Å². The topological polar surface area (TPSA) is 52.0 Å². The van der Waals surface area contributed by atoms with Crippen molar-refractivity contribution in [2.24, 2.45) is 11.5 Å². The zero-order chi connectivity index (χ0) is 6.12. The molecule has 0 saturated carbocycles. The van der Waals surface area contributed by atoms with Crippen molar-refractivity contribution < 1.29 is 18.9 Å². The van der Waals surface area contributed by atoms with E-state index >= 15 is 0 Å². The van der Waals surface area contributed by atoms with Crippen LogP contribution in [-0.4, -0.2) is 13.1 Å². The minimum atomic E-state index is 0. The number of nitrogens with two attached hydrogens (primary N) is 2. The molecule has 0 rings (SSSR count). The Hall–Kier alpha value is 0.0774. The van der Waals surface area contributed by atoms with Crippen molar-refractivity contribution in [2.45, 2.75) is 6.42 Å². The van der Waals surface area contributed by atoms with Crippen LogP contribution in [0.1, 0.15) is 6.42 Å². The van der Waals surface area contributed by atoms with Crippen LogP contribution in [0.4, 0.5) is 0 Å². The van der Waals surface area contributed by atoms with Crippen LogP contribution in [0.3, 0.4) is 0 Å². The maximum absolute atomic E-state index is 5.25. The first-order valence-corrected chi connectivity index (χ1v) is 2.11. The standard InChI is InChI=1S/C3H10N2.C2H.Li/c4-2-1-3-5;1-2;/h1-5H2;1H;/q;-1;+1. The minimum Gasteiger partial charge on any atom is -0.697 e. The predicted molar refractivity (Wildman–Crippen MR) is 30.9 cm³/mol. The molecule has 4 N–H and O–H groups in total. The Balaban J connectivity index is -0.0000000750. The minimum absolute atomic E-state index is 0. The van der Waals surface area contributed by atoms with E-state index in [1.807, 2.05) is 0 Å². The summed E-state index contributed by atoms with van der Waals surface area (Å²) < 4.78 is 0. The SMILES string of the molecule is NCCCN.[C-]#C.[Li+]. The molecule has 0 aliphatic heterocycles. The van der Waals surface area contributed by atoms with Gasteiger partial charge in [-0.1, -0.05) is 0 Å². The third kappa shape index (κ3) is 36.3. The van der Waals surface area contributed by atoms with Crippen LogP contribution in [0.2, 0.25) is 0 Å². The van der Waals surface area contributed by atoms with Gasteiger partial charge in [0.15, 0.2) is 0 Å². The van der Waals surface area contributed by atoms with E-state index in [0.717, 1.165) is 19.5 Å². The number of terminal acetylenes is 1. The van der Waals surface area contributed by atoms with Crippen LogP contribution in [-0.2, 0) is 0 Å². The number of rotatable bonds is 2. The van der Waals surface area contributed by atoms with Gasteiger partial charge in [0.2, 0.25) is 0 Å². The Morgan fingerprint density at radius 1 is 1.12 bits per heavy atom. The summed E-state index contributed by atoms with van der Waals surface area (Å²) in [6.07, 6.45) is 9.94. The summed E-state index contributed by atoms with van der Waals surface area (Å²) in [5.74, 6) is 0. The third-order valence-electron chi connectivity index (χ3n) is 0.408. The summed E-state index contributed by atoms with van der Waals surface area (Å²) in [5.41, 5.74) is 10.1. The fourth-order valence-corrected chi connectivity index (χ4v) is 0.118. The first kappa shape index (κ1) is 15.7. The van der Waals surface area contributed by atoms with Crippen LogP contribution in [0.5, 0.6) is 0 Å². The molecule has 0 heterocycles. The van der Waals surface area contributed by atoms with E-state index in [2.05, 4.69) is 6.42 Å². The molecule has 0 atom stereocenters. The molecule has 8 heavy (non-hydrogen) atoms. The van der Waals surface area contributed by atoms with Crippen LogP contribution in [0.25, 0.3) is 0 Å². The van der Waals surface area contributed by atoms with Gasteiger partial charge in [0.05, 0.1) is 0 Å². The van der Waals surface area contributed by atoms with Crippen LogP contribution in [0, 0.1) is 12.8 Å². The Morgan fingerprint density at radius 2 is 1.38 bits per heavy atom. The largest absolute Gasteiger partial charge is 1.00 e. The van der Waals surface area contributed by atoms with E-state index in [9.17, 15) is 0 Å². The quantitative estimate of drug-likeness (QED) is 0.218. The van der Waals surface area contributed by atoms with Crippen molar-refractivity contribution in [3.05, 3.63) is 6.42 Å². The van der Waals surface area contributed by atoms with Gasteiger partial charge >= 0.3 is 18.9 Å². The summed E-state index contributed by atoms with van der Waals surface area (Å²) in [6.45, 7) is 1.44. The molecule has 3 heteroatoms. The molecule has 0 spiro atoms. The summed E-state index contributed by atoms with van der Waals surface area (Å²) in [4.78, 5) is 0. The maximum Gasteiger partial charge on any atom is 1.00 e.